The van der Waals surface area contributed by atoms with Crippen LogP contribution in [0.1, 0.15) is 45.2 Å². The van der Waals surface area contributed by atoms with E-state index in [4.69, 9.17) is 10.5 Å². The van der Waals surface area contributed by atoms with Crippen LogP contribution in [0.25, 0.3) is 0 Å². The Hall–Kier alpha value is -1.55. The van der Waals surface area contributed by atoms with Gasteiger partial charge in [-0.25, -0.2) is 0 Å². The maximum absolute atomic E-state index is 12.0. The largest absolute Gasteiger partial charge is 0.480 e. The van der Waals surface area contributed by atoms with Crippen LogP contribution in [0.2, 0.25) is 0 Å². The molecular formula is C17H28N2O2. The maximum atomic E-state index is 12.0. The molecule has 0 aliphatic rings. The second-order valence-electron chi connectivity index (χ2n) is 5.86. The average molecular weight is 292 g/mol. The lowest BCUT2D eigenvalue weighted by Gasteiger charge is -2.21. The summed E-state index contributed by atoms with van der Waals surface area (Å²) >= 11 is 0. The lowest BCUT2D eigenvalue weighted by atomic mass is 10.0. The number of nitrogens with two attached hydrogens (primary N) is 1. The number of amides is 1. The first-order valence-electron chi connectivity index (χ1n) is 7.66. The van der Waals surface area contributed by atoms with E-state index in [-0.39, 0.29) is 18.0 Å². The Morgan fingerprint density at radius 1 is 1.33 bits per heavy atom. The van der Waals surface area contributed by atoms with Crippen molar-refractivity contribution >= 4 is 5.91 Å². The lowest BCUT2D eigenvalue weighted by molar-refractivity contribution is -0.127. The molecule has 0 saturated carbocycles. The van der Waals surface area contributed by atoms with Crippen LogP contribution in [0, 0.1) is 6.92 Å². The molecule has 0 saturated heterocycles. The number of ether oxygens (including phenoxy) is 1. The van der Waals surface area contributed by atoms with Gasteiger partial charge in [0.2, 0.25) is 0 Å². The summed E-state index contributed by atoms with van der Waals surface area (Å²) in [6.45, 7) is 9.70. The molecule has 2 unspecified atom stereocenters. The zero-order valence-corrected chi connectivity index (χ0v) is 13.8. The van der Waals surface area contributed by atoms with E-state index in [2.05, 4.69) is 12.2 Å². The fourth-order valence-electron chi connectivity index (χ4n) is 2.10. The van der Waals surface area contributed by atoms with Crippen molar-refractivity contribution in [1.29, 1.82) is 0 Å². The summed E-state index contributed by atoms with van der Waals surface area (Å²) in [6.07, 6.45) is 1.15. The maximum Gasteiger partial charge on any atom is 0.260 e. The summed E-state index contributed by atoms with van der Waals surface area (Å²) in [5, 5.41) is 2.87. The minimum absolute atomic E-state index is 0.0982. The molecule has 1 aromatic rings. The van der Waals surface area contributed by atoms with E-state index in [0.717, 1.165) is 29.7 Å². The van der Waals surface area contributed by atoms with Crippen molar-refractivity contribution in [3.63, 3.8) is 0 Å². The van der Waals surface area contributed by atoms with Gasteiger partial charge in [-0.1, -0.05) is 25.1 Å². The Balaban J connectivity index is 2.88. The van der Waals surface area contributed by atoms with Gasteiger partial charge in [0.25, 0.3) is 5.91 Å². The van der Waals surface area contributed by atoms with E-state index >= 15 is 0 Å². The molecular weight excluding hydrogens is 264 g/mol. The molecule has 0 fully saturated rings. The molecule has 4 nitrogen and oxygen atoms in total. The number of rotatable bonds is 7. The first-order valence-corrected chi connectivity index (χ1v) is 7.66. The Morgan fingerprint density at radius 2 is 2.00 bits per heavy atom. The predicted molar refractivity (Wildman–Crippen MR) is 86.5 cm³/mol. The van der Waals surface area contributed by atoms with Gasteiger partial charge < -0.3 is 15.8 Å². The zero-order chi connectivity index (χ0) is 16.0. The molecule has 0 aliphatic carbocycles. The molecule has 1 rings (SSSR count). The number of hydrogen-bond donors (Lipinski definition) is 2. The van der Waals surface area contributed by atoms with E-state index < -0.39 is 6.10 Å². The Kier molecular flexibility index (Phi) is 6.69. The van der Waals surface area contributed by atoms with Gasteiger partial charge in [-0.2, -0.15) is 0 Å². The molecule has 2 atom stereocenters. The van der Waals surface area contributed by atoms with Gasteiger partial charge in [-0.3, -0.25) is 4.79 Å². The van der Waals surface area contributed by atoms with E-state index in [1.54, 1.807) is 6.92 Å². The second kappa shape index (κ2) is 8.03. The predicted octanol–water partition coefficient (Wildman–Crippen LogP) is 2.57. The number of nitrogens with one attached hydrogen (secondary N) is 1. The molecule has 0 radical (unpaired) electrons. The van der Waals surface area contributed by atoms with Crippen LogP contribution in [-0.4, -0.2) is 24.1 Å². The number of carbonyl (C=O) groups is 1. The van der Waals surface area contributed by atoms with Gasteiger partial charge in [0.1, 0.15) is 5.75 Å². The van der Waals surface area contributed by atoms with Gasteiger partial charge >= 0.3 is 0 Å². The highest BCUT2D eigenvalue weighted by atomic mass is 16.5. The van der Waals surface area contributed by atoms with Crippen LogP contribution in [0.5, 0.6) is 5.75 Å². The third kappa shape index (κ3) is 5.38. The van der Waals surface area contributed by atoms with Crippen molar-refractivity contribution in [2.24, 2.45) is 5.73 Å². The Bertz CT molecular complexity index is 472. The van der Waals surface area contributed by atoms with E-state index in [1.807, 2.05) is 39.0 Å². The van der Waals surface area contributed by atoms with Gasteiger partial charge in [0, 0.05) is 12.1 Å². The van der Waals surface area contributed by atoms with Gasteiger partial charge in [-0.15, -0.1) is 0 Å². The van der Waals surface area contributed by atoms with Crippen molar-refractivity contribution in [2.45, 2.75) is 65.6 Å². The van der Waals surface area contributed by atoms with Crippen molar-refractivity contribution in [3.8, 4) is 5.75 Å². The molecule has 0 aromatic heterocycles. The molecule has 0 heterocycles. The van der Waals surface area contributed by atoms with Gasteiger partial charge in [0.05, 0.1) is 0 Å². The minimum Gasteiger partial charge on any atom is -0.480 e. The number of hydrogen-bond acceptors (Lipinski definition) is 3. The minimum atomic E-state index is -0.523. The first kappa shape index (κ1) is 17.5. The summed E-state index contributed by atoms with van der Waals surface area (Å²) in [5.41, 5.74) is 8.14. The molecule has 4 heteroatoms. The SMILES string of the molecule is CCC(N)Cc1cccc(C)c1OC(C)C(=O)NC(C)C. The normalized spacial score (nSPS) is 13.9. The third-order valence-corrected chi connectivity index (χ3v) is 3.39. The lowest BCUT2D eigenvalue weighted by Crippen LogP contribution is -2.40. The molecule has 3 N–H and O–H groups in total. The van der Waals surface area contributed by atoms with Crippen molar-refractivity contribution in [2.75, 3.05) is 0 Å². The highest BCUT2D eigenvalue weighted by molar-refractivity contribution is 5.81. The highest BCUT2D eigenvalue weighted by Crippen LogP contribution is 2.26. The summed E-state index contributed by atoms with van der Waals surface area (Å²) in [4.78, 5) is 12.0. The van der Waals surface area contributed by atoms with E-state index in [0.29, 0.717) is 0 Å². The number of carbonyl (C=O) groups excluding carboxylic acids is 1. The number of para-hydroxylation sites is 1. The smallest absolute Gasteiger partial charge is 0.260 e. The molecule has 0 spiro atoms. The Labute approximate surface area is 128 Å². The molecule has 1 aromatic carbocycles. The van der Waals surface area contributed by atoms with Crippen LogP contribution in [0.4, 0.5) is 0 Å². The molecule has 0 bridgehead atoms. The highest BCUT2D eigenvalue weighted by Gasteiger charge is 2.18. The fourth-order valence-corrected chi connectivity index (χ4v) is 2.10. The number of aryl methyl sites for hydroxylation is 1. The quantitative estimate of drug-likeness (QED) is 0.812. The number of benzene rings is 1. The van der Waals surface area contributed by atoms with Crippen LogP contribution in [0.15, 0.2) is 18.2 Å². The topological polar surface area (TPSA) is 64.3 Å². The summed E-state index contributed by atoms with van der Waals surface area (Å²) in [6, 6.07) is 6.22. The van der Waals surface area contributed by atoms with Crippen molar-refractivity contribution in [1.82, 2.24) is 5.32 Å². The van der Waals surface area contributed by atoms with Crippen LogP contribution < -0.4 is 15.8 Å². The van der Waals surface area contributed by atoms with Gasteiger partial charge in [-0.05, 0) is 51.7 Å². The summed E-state index contributed by atoms with van der Waals surface area (Å²) < 4.78 is 5.92. The summed E-state index contributed by atoms with van der Waals surface area (Å²) in [7, 11) is 0. The van der Waals surface area contributed by atoms with Gasteiger partial charge in [0.15, 0.2) is 6.10 Å². The fraction of sp³-hybridized carbons (Fsp3) is 0.588. The Morgan fingerprint density at radius 3 is 2.57 bits per heavy atom. The van der Waals surface area contributed by atoms with Crippen LogP contribution >= 0.6 is 0 Å². The molecule has 21 heavy (non-hydrogen) atoms. The first-order chi connectivity index (χ1) is 9.85. The van der Waals surface area contributed by atoms with Crippen LogP contribution in [-0.2, 0) is 11.2 Å². The van der Waals surface area contributed by atoms with Crippen molar-refractivity contribution in [3.05, 3.63) is 29.3 Å². The van der Waals surface area contributed by atoms with Crippen LogP contribution in [0.3, 0.4) is 0 Å². The summed E-state index contributed by atoms with van der Waals surface area (Å²) in [5.74, 6) is 0.687. The molecule has 0 aliphatic heterocycles. The second-order valence-corrected chi connectivity index (χ2v) is 5.86. The molecule has 1 amide bonds. The van der Waals surface area contributed by atoms with E-state index in [9.17, 15) is 4.79 Å². The third-order valence-electron chi connectivity index (χ3n) is 3.39. The van der Waals surface area contributed by atoms with Crippen molar-refractivity contribution < 1.29 is 9.53 Å². The molecule has 118 valence electrons. The monoisotopic (exact) mass is 292 g/mol. The zero-order valence-electron chi connectivity index (χ0n) is 13.8. The standard InChI is InChI=1S/C17H28N2O2/c1-6-15(18)10-14-9-7-8-12(4)16(14)21-13(5)17(20)19-11(2)3/h7-9,11,13,15H,6,10,18H2,1-5H3,(H,19,20). The van der Waals surface area contributed by atoms with E-state index in [1.165, 1.54) is 0 Å². The average Bonchev–Trinajstić information content (AvgIpc) is 2.41.